The van der Waals surface area contributed by atoms with Crippen molar-refractivity contribution in [2.45, 2.75) is 11.3 Å². The Bertz CT molecular complexity index is 771. The summed E-state index contributed by atoms with van der Waals surface area (Å²) < 4.78 is 6.10. The van der Waals surface area contributed by atoms with Gasteiger partial charge in [-0.15, -0.1) is 0 Å². The molecule has 2 aromatic rings. The minimum atomic E-state index is 0.0500. The summed E-state index contributed by atoms with van der Waals surface area (Å²) in [4.78, 5) is 0. The average Bonchev–Trinajstić information content (AvgIpc) is 2.94. The van der Waals surface area contributed by atoms with Crippen LogP contribution in [0.5, 0.6) is 0 Å². The van der Waals surface area contributed by atoms with E-state index < -0.39 is 0 Å². The van der Waals surface area contributed by atoms with Gasteiger partial charge in [-0.05, 0) is 22.3 Å². The molecule has 2 aromatic carbocycles. The Morgan fingerprint density at radius 2 is 1.52 bits per heavy atom. The average molecular weight is 272 g/mol. The summed E-state index contributed by atoms with van der Waals surface area (Å²) in [5.41, 5.74) is 6.37. The lowest BCUT2D eigenvalue weighted by Crippen LogP contribution is -2.61. The molecule has 2 spiro atoms. The second-order valence-corrected chi connectivity index (χ2v) is 6.98. The highest BCUT2D eigenvalue weighted by Crippen LogP contribution is 2.73. The second-order valence-electron chi connectivity index (χ2n) is 6.98. The molecule has 1 aliphatic heterocycles. The molecule has 4 aliphatic carbocycles. The zero-order chi connectivity index (χ0) is 13.7. The molecular formula is C20H16O. The summed E-state index contributed by atoms with van der Waals surface area (Å²) in [6, 6.07) is 18.1. The molecule has 7 rings (SSSR count). The van der Waals surface area contributed by atoms with Crippen LogP contribution in [-0.4, -0.2) is 13.2 Å². The van der Waals surface area contributed by atoms with Crippen molar-refractivity contribution in [3.8, 4) is 0 Å². The van der Waals surface area contributed by atoms with E-state index in [1.54, 1.807) is 0 Å². The fourth-order valence-electron chi connectivity index (χ4n) is 5.72. The number of rotatable bonds is 0. The lowest BCUT2D eigenvalue weighted by Gasteiger charge is -2.63. The van der Waals surface area contributed by atoms with Crippen LogP contribution in [0.1, 0.15) is 28.2 Å². The molecule has 2 bridgehead atoms. The van der Waals surface area contributed by atoms with Gasteiger partial charge in [0.1, 0.15) is 0 Å². The molecule has 2 atom stereocenters. The van der Waals surface area contributed by atoms with Crippen LogP contribution in [0.3, 0.4) is 0 Å². The molecule has 1 heteroatoms. The first-order chi connectivity index (χ1) is 10.4. The Morgan fingerprint density at radius 3 is 2.14 bits per heavy atom. The van der Waals surface area contributed by atoms with Gasteiger partial charge in [0.25, 0.3) is 0 Å². The van der Waals surface area contributed by atoms with E-state index in [-0.39, 0.29) is 10.8 Å². The first-order valence-corrected chi connectivity index (χ1v) is 7.84. The van der Waals surface area contributed by atoms with Crippen LogP contribution in [0.4, 0.5) is 0 Å². The molecular weight excluding hydrogens is 256 g/mol. The van der Waals surface area contributed by atoms with Crippen molar-refractivity contribution in [3.63, 3.8) is 0 Å². The molecule has 0 radical (unpaired) electrons. The lowest BCUT2D eigenvalue weighted by molar-refractivity contribution is 0.103. The van der Waals surface area contributed by atoms with Crippen LogP contribution in [0.15, 0.2) is 60.7 Å². The van der Waals surface area contributed by atoms with Crippen molar-refractivity contribution in [2.24, 2.45) is 11.3 Å². The van der Waals surface area contributed by atoms with Crippen molar-refractivity contribution in [1.29, 1.82) is 0 Å². The number of allylic oxidation sites excluding steroid dienone is 1. The zero-order valence-corrected chi connectivity index (χ0v) is 11.8. The largest absolute Gasteiger partial charge is 0.379 e. The van der Waals surface area contributed by atoms with E-state index in [2.05, 4.69) is 60.7 Å². The van der Waals surface area contributed by atoms with Crippen LogP contribution in [0, 0.1) is 11.3 Å². The van der Waals surface area contributed by atoms with Gasteiger partial charge in [0.15, 0.2) is 0 Å². The predicted octanol–water partition coefficient (Wildman–Crippen LogP) is 3.63. The van der Waals surface area contributed by atoms with E-state index in [0.717, 1.165) is 13.2 Å². The van der Waals surface area contributed by atoms with Crippen molar-refractivity contribution >= 4 is 0 Å². The Balaban J connectivity index is 1.83. The lowest BCUT2D eigenvalue weighted by atomic mass is 9.38. The van der Waals surface area contributed by atoms with Gasteiger partial charge in [-0.2, -0.15) is 0 Å². The fourth-order valence-corrected chi connectivity index (χ4v) is 5.72. The number of hydrogen-bond donors (Lipinski definition) is 0. The van der Waals surface area contributed by atoms with E-state index in [9.17, 15) is 0 Å². The Kier molecular flexibility index (Phi) is 1.62. The molecule has 0 amide bonds. The molecule has 5 aliphatic rings. The van der Waals surface area contributed by atoms with E-state index in [1.807, 2.05) is 0 Å². The number of benzene rings is 2. The minimum Gasteiger partial charge on any atom is -0.379 e. The Hall–Kier alpha value is -1.86. The van der Waals surface area contributed by atoms with Gasteiger partial charge in [-0.3, -0.25) is 0 Å². The molecule has 102 valence electrons. The van der Waals surface area contributed by atoms with Gasteiger partial charge < -0.3 is 4.74 Å². The van der Waals surface area contributed by atoms with Crippen molar-refractivity contribution in [3.05, 3.63) is 82.9 Å². The van der Waals surface area contributed by atoms with Gasteiger partial charge in [-0.1, -0.05) is 60.7 Å². The highest BCUT2D eigenvalue weighted by molar-refractivity contribution is 5.66. The van der Waals surface area contributed by atoms with Crippen LogP contribution < -0.4 is 0 Å². The first kappa shape index (κ1) is 10.8. The monoisotopic (exact) mass is 272 g/mol. The predicted molar refractivity (Wildman–Crippen MR) is 81.4 cm³/mol. The van der Waals surface area contributed by atoms with Gasteiger partial charge in [0.2, 0.25) is 0 Å². The van der Waals surface area contributed by atoms with Gasteiger partial charge in [0.05, 0.1) is 18.6 Å². The van der Waals surface area contributed by atoms with E-state index in [0.29, 0.717) is 11.8 Å². The van der Waals surface area contributed by atoms with Gasteiger partial charge in [0, 0.05) is 17.3 Å². The van der Waals surface area contributed by atoms with Gasteiger partial charge in [-0.25, -0.2) is 0 Å². The fraction of sp³-hybridized carbons (Fsp3) is 0.300. The zero-order valence-electron chi connectivity index (χ0n) is 11.8. The standard InChI is InChI=1S/C20H16O/c1-3-7-15-13(5-1)18-14-6-2-4-8-16(14)20(15)12-21-11-19(20)10-9-17(18)19/h1-10,17-18H,11-12H2/t17-,18?,19+,20?/m1/s1. The van der Waals surface area contributed by atoms with Crippen LogP contribution in [-0.2, 0) is 10.2 Å². The molecule has 0 saturated carbocycles. The summed E-state index contributed by atoms with van der Waals surface area (Å²) in [5.74, 6) is 1.13. The third kappa shape index (κ3) is 0.883. The van der Waals surface area contributed by atoms with E-state index in [4.69, 9.17) is 4.74 Å². The molecule has 1 heterocycles. The maximum absolute atomic E-state index is 6.10. The molecule has 0 aromatic heterocycles. The minimum absolute atomic E-state index is 0.0500. The summed E-state index contributed by atoms with van der Waals surface area (Å²) >= 11 is 0. The molecule has 1 fully saturated rings. The van der Waals surface area contributed by atoms with Gasteiger partial charge >= 0.3 is 0 Å². The first-order valence-electron chi connectivity index (χ1n) is 7.84. The smallest absolute Gasteiger partial charge is 0.0613 e. The van der Waals surface area contributed by atoms with Crippen molar-refractivity contribution in [1.82, 2.24) is 0 Å². The molecule has 1 saturated heterocycles. The number of ether oxygens (including phenoxy) is 1. The summed E-state index contributed by atoms with van der Waals surface area (Å²) in [5, 5.41) is 0. The normalized spacial score (nSPS) is 40.0. The molecule has 0 unspecified atom stereocenters. The summed E-state index contributed by atoms with van der Waals surface area (Å²) in [6.07, 6.45) is 4.88. The third-order valence-corrected chi connectivity index (χ3v) is 6.52. The van der Waals surface area contributed by atoms with Crippen LogP contribution in [0.25, 0.3) is 0 Å². The number of hydrogen-bond acceptors (Lipinski definition) is 1. The highest BCUT2D eigenvalue weighted by atomic mass is 16.5. The summed E-state index contributed by atoms with van der Waals surface area (Å²) in [7, 11) is 0. The molecule has 21 heavy (non-hydrogen) atoms. The highest BCUT2D eigenvalue weighted by Gasteiger charge is 2.70. The Labute approximate surface area is 124 Å². The quantitative estimate of drug-likeness (QED) is 0.665. The maximum Gasteiger partial charge on any atom is 0.0613 e. The topological polar surface area (TPSA) is 9.23 Å². The second kappa shape index (κ2) is 3.15. The maximum atomic E-state index is 6.10. The van der Waals surface area contributed by atoms with Crippen LogP contribution >= 0.6 is 0 Å². The Morgan fingerprint density at radius 1 is 0.857 bits per heavy atom. The summed E-state index contributed by atoms with van der Waals surface area (Å²) in [6.45, 7) is 1.71. The van der Waals surface area contributed by atoms with Crippen molar-refractivity contribution < 1.29 is 4.74 Å². The van der Waals surface area contributed by atoms with E-state index in [1.165, 1.54) is 22.3 Å². The van der Waals surface area contributed by atoms with E-state index >= 15 is 0 Å². The SMILES string of the molecule is C1=C[C@@]23COCC24c2ccccc2C(c2ccccc24)[C@@H]13. The third-order valence-electron chi connectivity index (χ3n) is 6.52. The molecule has 0 N–H and O–H groups in total. The molecule has 1 nitrogen and oxygen atoms in total. The van der Waals surface area contributed by atoms with Crippen LogP contribution in [0.2, 0.25) is 0 Å². The van der Waals surface area contributed by atoms with Crippen molar-refractivity contribution in [2.75, 3.05) is 13.2 Å².